The predicted octanol–water partition coefficient (Wildman–Crippen LogP) is 4.15. The van der Waals surface area contributed by atoms with E-state index in [1.807, 2.05) is 53.4 Å². The summed E-state index contributed by atoms with van der Waals surface area (Å²) in [6.07, 6.45) is 6.76. The lowest BCUT2D eigenvalue weighted by Crippen LogP contribution is -2.50. The summed E-state index contributed by atoms with van der Waals surface area (Å²) in [5.74, 6) is 1.80. The van der Waals surface area contributed by atoms with Gasteiger partial charge in [0.05, 0.1) is 32.5 Å². The van der Waals surface area contributed by atoms with Gasteiger partial charge in [-0.15, -0.1) is 0 Å². The molecule has 9 nitrogen and oxygen atoms in total. The van der Waals surface area contributed by atoms with Crippen LogP contribution >= 0.6 is 0 Å². The minimum Gasteiger partial charge on any atom is -0.497 e. The van der Waals surface area contributed by atoms with Crippen molar-refractivity contribution in [2.75, 3.05) is 44.1 Å². The summed E-state index contributed by atoms with van der Waals surface area (Å²) in [5, 5.41) is 29.2. The number of anilines is 2. The molecule has 2 fully saturated rings. The molecule has 4 N–H and O–H groups in total. The van der Waals surface area contributed by atoms with Crippen LogP contribution in [0.2, 0.25) is 0 Å². The van der Waals surface area contributed by atoms with E-state index in [1.165, 1.54) is 19.3 Å². The lowest BCUT2D eigenvalue weighted by atomic mass is 9.83. The maximum Gasteiger partial charge on any atom is 0.253 e. The average molecular weight is 606 g/mol. The molecule has 1 aliphatic carbocycles. The van der Waals surface area contributed by atoms with Gasteiger partial charge < -0.3 is 35.2 Å². The van der Waals surface area contributed by atoms with Crippen molar-refractivity contribution < 1.29 is 19.7 Å². The highest BCUT2D eigenvalue weighted by Crippen LogP contribution is 2.34. The molecule has 0 amide bonds. The van der Waals surface area contributed by atoms with Crippen LogP contribution in [0.4, 0.5) is 11.4 Å². The van der Waals surface area contributed by atoms with E-state index < -0.39 is 23.1 Å². The zero-order chi connectivity index (χ0) is 31.1. The normalized spacial score (nSPS) is 19.8. The largest absolute Gasteiger partial charge is 0.497 e. The summed E-state index contributed by atoms with van der Waals surface area (Å²) in [4.78, 5) is 27.9. The number of hydrogen-bond acceptors (Lipinski definition) is 9. The van der Waals surface area contributed by atoms with Crippen molar-refractivity contribution in [3.8, 4) is 11.5 Å². The van der Waals surface area contributed by atoms with Crippen LogP contribution in [0.1, 0.15) is 68.6 Å². The summed E-state index contributed by atoms with van der Waals surface area (Å²) in [6.45, 7) is 1.96. The molecule has 0 radical (unpaired) electrons. The summed E-state index contributed by atoms with van der Waals surface area (Å²) in [5.41, 5.74) is 1.52. The minimum atomic E-state index is -0.782. The molecule has 238 valence electrons. The Balaban J connectivity index is 1.28. The zero-order valence-electron chi connectivity index (χ0n) is 26.0. The molecule has 44 heavy (non-hydrogen) atoms. The van der Waals surface area contributed by atoms with Gasteiger partial charge in [0.25, 0.3) is 10.9 Å². The fourth-order valence-corrected chi connectivity index (χ4v) is 6.96. The topological polar surface area (TPSA) is 120 Å². The van der Waals surface area contributed by atoms with E-state index in [0.29, 0.717) is 55.0 Å². The molecule has 2 unspecified atom stereocenters. The van der Waals surface area contributed by atoms with Crippen LogP contribution in [0.15, 0.2) is 58.1 Å². The number of piperidine rings is 1. The summed E-state index contributed by atoms with van der Waals surface area (Å²) in [7, 11) is 3.23. The van der Waals surface area contributed by atoms with Crippen LogP contribution in [-0.2, 0) is 6.54 Å². The Hall–Kier alpha value is -3.40. The number of benzene rings is 2. The zero-order valence-corrected chi connectivity index (χ0v) is 26.0. The van der Waals surface area contributed by atoms with Crippen LogP contribution < -0.4 is 35.9 Å². The van der Waals surface area contributed by atoms with Gasteiger partial charge in [-0.05, 0) is 48.4 Å². The molecule has 4 atom stereocenters. The van der Waals surface area contributed by atoms with E-state index in [0.717, 1.165) is 43.2 Å². The third kappa shape index (κ3) is 7.62. The molecular weight excluding hydrogens is 558 g/mol. The highest BCUT2D eigenvalue weighted by Gasteiger charge is 2.35. The van der Waals surface area contributed by atoms with E-state index in [4.69, 9.17) is 9.47 Å². The number of aliphatic hydroxyl groups is 2. The Kier molecular flexibility index (Phi) is 11.0. The lowest BCUT2D eigenvalue weighted by molar-refractivity contribution is 0.0981. The Bertz CT molecular complexity index is 1390. The van der Waals surface area contributed by atoms with Crippen molar-refractivity contribution in [1.29, 1.82) is 0 Å². The third-order valence-corrected chi connectivity index (χ3v) is 9.45. The molecule has 9 heteroatoms. The van der Waals surface area contributed by atoms with E-state index >= 15 is 0 Å². The van der Waals surface area contributed by atoms with Gasteiger partial charge in [0.2, 0.25) is 0 Å². The van der Waals surface area contributed by atoms with Gasteiger partial charge >= 0.3 is 0 Å². The molecule has 1 saturated heterocycles. The SMILES string of the molecule is COc1cc(CNCC(O)C(CC2CCCCC2)Nc2c(N3CCC[C@@H]([C@H](O)c4ccccc4)C3)c(=O)c2=O)cc(OC)c1. The van der Waals surface area contributed by atoms with Crippen LogP contribution in [-0.4, -0.2) is 56.2 Å². The summed E-state index contributed by atoms with van der Waals surface area (Å²) in [6, 6.07) is 14.9. The number of hydrogen-bond donors (Lipinski definition) is 4. The molecule has 0 spiro atoms. The fourth-order valence-electron chi connectivity index (χ4n) is 6.96. The molecule has 0 bridgehead atoms. The monoisotopic (exact) mass is 605 g/mol. The average Bonchev–Trinajstić information content (AvgIpc) is 3.07. The van der Waals surface area contributed by atoms with Crippen LogP contribution in [0.5, 0.6) is 11.5 Å². The molecular formula is C35H47N3O6. The van der Waals surface area contributed by atoms with Crippen molar-refractivity contribution in [3.63, 3.8) is 0 Å². The highest BCUT2D eigenvalue weighted by molar-refractivity contribution is 5.75. The van der Waals surface area contributed by atoms with E-state index in [2.05, 4.69) is 10.6 Å². The van der Waals surface area contributed by atoms with Crippen LogP contribution in [0, 0.1) is 11.8 Å². The second kappa shape index (κ2) is 15.1. The molecule has 1 heterocycles. The van der Waals surface area contributed by atoms with E-state index in [9.17, 15) is 19.8 Å². The molecule has 5 rings (SSSR count). The molecule has 3 aromatic carbocycles. The number of methoxy groups -OCH3 is 2. The number of rotatable bonds is 14. The molecule has 0 aromatic heterocycles. The number of aliphatic hydroxyl groups excluding tert-OH is 2. The van der Waals surface area contributed by atoms with Crippen molar-refractivity contribution in [1.82, 2.24) is 5.32 Å². The van der Waals surface area contributed by atoms with E-state index in [1.54, 1.807) is 14.2 Å². The second-order valence-electron chi connectivity index (χ2n) is 12.5. The number of nitrogens with zero attached hydrogens (tertiary/aromatic N) is 1. The molecule has 3 aromatic rings. The Morgan fingerprint density at radius 3 is 2.30 bits per heavy atom. The quantitative estimate of drug-likeness (QED) is 0.201. The Morgan fingerprint density at radius 1 is 0.909 bits per heavy atom. The smallest absolute Gasteiger partial charge is 0.253 e. The lowest BCUT2D eigenvalue weighted by Gasteiger charge is -2.38. The van der Waals surface area contributed by atoms with E-state index in [-0.39, 0.29) is 12.0 Å². The Morgan fingerprint density at radius 2 is 1.61 bits per heavy atom. The first-order valence-corrected chi connectivity index (χ1v) is 16.1. The maximum absolute atomic E-state index is 13.0. The van der Waals surface area contributed by atoms with Gasteiger partial charge in [-0.3, -0.25) is 9.59 Å². The first kappa shape index (κ1) is 32.0. The van der Waals surface area contributed by atoms with Crippen LogP contribution in [0.3, 0.4) is 0 Å². The highest BCUT2D eigenvalue weighted by atomic mass is 16.5. The van der Waals surface area contributed by atoms with Crippen molar-refractivity contribution in [2.24, 2.45) is 11.8 Å². The fraction of sp³-hybridized carbons (Fsp3) is 0.543. The first-order valence-electron chi connectivity index (χ1n) is 16.1. The third-order valence-electron chi connectivity index (χ3n) is 9.45. The van der Waals surface area contributed by atoms with Gasteiger partial charge in [0.1, 0.15) is 22.9 Å². The second-order valence-corrected chi connectivity index (χ2v) is 12.5. The van der Waals surface area contributed by atoms with Crippen molar-refractivity contribution in [3.05, 3.63) is 80.1 Å². The van der Waals surface area contributed by atoms with Gasteiger partial charge in [-0.2, -0.15) is 0 Å². The van der Waals surface area contributed by atoms with Gasteiger partial charge in [-0.1, -0.05) is 62.4 Å². The van der Waals surface area contributed by atoms with Crippen LogP contribution in [0.25, 0.3) is 0 Å². The van der Waals surface area contributed by atoms with Gasteiger partial charge in [-0.25, -0.2) is 0 Å². The van der Waals surface area contributed by atoms with Gasteiger partial charge in [0, 0.05) is 38.2 Å². The standard InChI is InChI=1S/C35H47N3O6/c1-43-27-16-24(17-28(19-27)44-2)20-36-21-30(39)29(18-23-10-5-3-6-11-23)37-31-32(35(42)34(31)41)38-15-9-14-26(22-38)33(40)25-12-7-4-8-13-25/h4,7-8,12-13,16-17,19,23,26,29-30,33,36-37,39-40H,3,5-6,9-11,14-15,18,20-22H2,1-2H3/t26-,29?,30?,33-/m1/s1. The molecule has 1 aliphatic heterocycles. The van der Waals surface area contributed by atoms with Gasteiger partial charge in [0.15, 0.2) is 0 Å². The van der Waals surface area contributed by atoms with Crippen molar-refractivity contribution in [2.45, 2.75) is 76.2 Å². The minimum absolute atomic E-state index is 0.0496. The molecule has 1 saturated carbocycles. The van der Waals surface area contributed by atoms with Crippen molar-refractivity contribution >= 4 is 11.4 Å². The first-order chi connectivity index (χ1) is 21.4. The maximum atomic E-state index is 13.0. The Labute approximate surface area is 259 Å². The number of ether oxygens (including phenoxy) is 2. The number of nitrogens with one attached hydrogen (secondary N) is 2. The molecule has 2 aliphatic rings. The summed E-state index contributed by atoms with van der Waals surface area (Å²) >= 11 is 0. The predicted molar refractivity (Wildman–Crippen MR) is 174 cm³/mol. The summed E-state index contributed by atoms with van der Waals surface area (Å²) < 4.78 is 10.8.